The standard InChI is InChI=1S/C11H23NO2S/c1-9(2)6-7-15-8-11(3,12-4)10(13)14-5/h9,12H,6-8H2,1-5H3. The maximum Gasteiger partial charge on any atom is 0.326 e. The summed E-state index contributed by atoms with van der Waals surface area (Å²) in [7, 11) is 3.22. The molecule has 0 aromatic heterocycles. The topological polar surface area (TPSA) is 38.3 Å². The number of thioether (sulfide) groups is 1. The lowest BCUT2D eigenvalue weighted by Crippen LogP contribution is -2.50. The summed E-state index contributed by atoms with van der Waals surface area (Å²) in [5.74, 6) is 2.37. The Morgan fingerprint density at radius 3 is 2.53 bits per heavy atom. The first-order valence-electron chi connectivity index (χ1n) is 5.31. The van der Waals surface area contributed by atoms with E-state index < -0.39 is 5.54 Å². The van der Waals surface area contributed by atoms with E-state index in [1.165, 1.54) is 13.5 Å². The Morgan fingerprint density at radius 2 is 2.13 bits per heavy atom. The molecule has 0 aliphatic heterocycles. The number of esters is 1. The van der Waals surface area contributed by atoms with Gasteiger partial charge in [-0.3, -0.25) is 4.79 Å². The molecule has 0 saturated heterocycles. The fourth-order valence-electron chi connectivity index (χ4n) is 1.05. The van der Waals surface area contributed by atoms with Gasteiger partial charge in [-0.2, -0.15) is 11.8 Å². The Hall–Kier alpha value is -0.220. The summed E-state index contributed by atoms with van der Waals surface area (Å²) in [5, 5.41) is 3.02. The van der Waals surface area contributed by atoms with E-state index in [9.17, 15) is 4.79 Å². The third-order valence-electron chi connectivity index (χ3n) is 2.42. The van der Waals surface area contributed by atoms with Crippen molar-refractivity contribution in [2.24, 2.45) is 5.92 Å². The van der Waals surface area contributed by atoms with Crippen LogP contribution < -0.4 is 5.32 Å². The summed E-state index contributed by atoms with van der Waals surface area (Å²) < 4.78 is 4.77. The van der Waals surface area contributed by atoms with Crippen LogP contribution in [0.5, 0.6) is 0 Å². The molecule has 3 nitrogen and oxygen atoms in total. The Morgan fingerprint density at radius 1 is 1.53 bits per heavy atom. The van der Waals surface area contributed by atoms with Crippen LogP contribution in [0, 0.1) is 5.92 Å². The highest BCUT2D eigenvalue weighted by molar-refractivity contribution is 7.99. The normalized spacial score (nSPS) is 15.1. The molecule has 0 aliphatic rings. The van der Waals surface area contributed by atoms with E-state index in [0.29, 0.717) is 0 Å². The Kier molecular flexibility index (Phi) is 7.02. The Balaban J connectivity index is 3.94. The van der Waals surface area contributed by atoms with Gasteiger partial charge in [-0.15, -0.1) is 0 Å². The molecule has 1 N–H and O–H groups in total. The molecule has 0 bridgehead atoms. The molecular weight excluding hydrogens is 210 g/mol. The molecule has 1 unspecified atom stereocenters. The molecule has 0 amide bonds. The smallest absolute Gasteiger partial charge is 0.326 e. The minimum Gasteiger partial charge on any atom is -0.468 e. The van der Waals surface area contributed by atoms with E-state index in [0.717, 1.165) is 17.4 Å². The van der Waals surface area contributed by atoms with Crippen LogP contribution in [0.25, 0.3) is 0 Å². The molecule has 0 rings (SSSR count). The number of methoxy groups -OCH3 is 1. The second-order valence-corrected chi connectivity index (χ2v) is 5.41. The Bertz CT molecular complexity index is 197. The summed E-state index contributed by atoms with van der Waals surface area (Å²) in [4.78, 5) is 11.5. The van der Waals surface area contributed by atoms with Crippen molar-refractivity contribution in [3.8, 4) is 0 Å². The van der Waals surface area contributed by atoms with Crippen molar-refractivity contribution in [3.05, 3.63) is 0 Å². The maximum atomic E-state index is 11.5. The number of hydrogen-bond donors (Lipinski definition) is 1. The molecule has 90 valence electrons. The van der Waals surface area contributed by atoms with Crippen LogP contribution >= 0.6 is 11.8 Å². The predicted molar refractivity (Wildman–Crippen MR) is 66.3 cm³/mol. The van der Waals surface area contributed by atoms with E-state index in [4.69, 9.17) is 4.74 Å². The van der Waals surface area contributed by atoms with Gasteiger partial charge in [-0.25, -0.2) is 0 Å². The highest BCUT2D eigenvalue weighted by Crippen LogP contribution is 2.17. The minimum atomic E-state index is -0.559. The lowest BCUT2D eigenvalue weighted by Gasteiger charge is -2.25. The molecule has 0 fully saturated rings. The van der Waals surface area contributed by atoms with Crippen molar-refractivity contribution < 1.29 is 9.53 Å². The van der Waals surface area contributed by atoms with E-state index in [1.807, 2.05) is 6.92 Å². The zero-order valence-electron chi connectivity index (χ0n) is 10.4. The number of ether oxygens (including phenoxy) is 1. The number of hydrogen-bond acceptors (Lipinski definition) is 4. The zero-order valence-corrected chi connectivity index (χ0v) is 11.2. The quantitative estimate of drug-likeness (QED) is 0.538. The van der Waals surface area contributed by atoms with Crippen LogP contribution in [0.4, 0.5) is 0 Å². The van der Waals surface area contributed by atoms with E-state index in [2.05, 4.69) is 19.2 Å². The van der Waals surface area contributed by atoms with Crippen molar-refractivity contribution in [2.75, 3.05) is 25.7 Å². The van der Waals surface area contributed by atoms with Gasteiger partial charge in [0.2, 0.25) is 0 Å². The van der Waals surface area contributed by atoms with Gasteiger partial charge in [0.25, 0.3) is 0 Å². The average molecular weight is 233 g/mol. The summed E-state index contributed by atoms with van der Waals surface area (Å²) >= 11 is 1.79. The fourth-order valence-corrected chi connectivity index (χ4v) is 2.51. The predicted octanol–water partition coefficient (Wildman–Crippen LogP) is 1.92. The van der Waals surface area contributed by atoms with Crippen LogP contribution in [-0.4, -0.2) is 37.2 Å². The van der Waals surface area contributed by atoms with Gasteiger partial charge >= 0.3 is 5.97 Å². The first-order valence-corrected chi connectivity index (χ1v) is 6.47. The number of carbonyl (C=O) groups excluding carboxylic acids is 1. The highest BCUT2D eigenvalue weighted by Gasteiger charge is 2.32. The second-order valence-electron chi connectivity index (χ2n) is 4.31. The molecular formula is C11H23NO2S. The van der Waals surface area contributed by atoms with Crippen molar-refractivity contribution in [1.29, 1.82) is 0 Å². The van der Waals surface area contributed by atoms with Crippen molar-refractivity contribution in [2.45, 2.75) is 32.7 Å². The van der Waals surface area contributed by atoms with Crippen molar-refractivity contribution >= 4 is 17.7 Å². The number of likely N-dealkylation sites (N-methyl/N-ethyl adjacent to an activating group) is 1. The Labute approximate surface area is 97.3 Å². The van der Waals surface area contributed by atoms with Crippen molar-refractivity contribution in [3.63, 3.8) is 0 Å². The van der Waals surface area contributed by atoms with E-state index in [1.54, 1.807) is 18.8 Å². The molecule has 0 spiro atoms. The van der Waals surface area contributed by atoms with Crippen molar-refractivity contribution in [1.82, 2.24) is 5.32 Å². The number of carbonyl (C=O) groups is 1. The largest absolute Gasteiger partial charge is 0.468 e. The second kappa shape index (κ2) is 7.12. The third kappa shape index (κ3) is 5.42. The monoisotopic (exact) mass is 233 g/mol. The van der Waals surface area contributed by atoms with Crippen LogP contribution in [0.3, 0.4) is 0 Å². The maximum absolute atomic E-state index is 11.5. The minimum absolute atomic E-state index is 0.193. The molecule has 0 aromatic carbocycles. The first kappa shape index (κ1) is 14.8. The van der Waals surface area contributed by atoms with Gasteiger partial charge in [0.15, 0.2) is 0 Å². The lowest BCUT2D eigenvalue weighted by molar-refractivity contribution is -0.146. The zero-order chi connectivity index (χ0) is 11.9. The molecule has 0 aromatic rings. The van der Waals surface area contributed by atoms with Crippen LogP contribution in [0.15, 0.2) is 0 Å². The average Bonchev–Trinajstić information content (AvgIpc) is 2.22. The van der Waals surface area contributed by atoms with Crippen LogP contribution in [0.2, 0.25) is 0 Å². The molecule has 15 heavy (non-hydrogen) atoms. The highest BCUT2D eigenvalue weighted by atomic mass is 32.2. The number of nitrogens with one attached hydrogen (secondary N) is 1. The lowest BCUT2D eigenvalue weighted by atomic mass is 10.1. The van der Waals surface area contributed by atoms with E-state index >= 15 is 0 Å². The summed E-state index contributed by atoms with van der Waals surface area (Å²) in [6.07, 6.45) is 1.19. The van der Waals surface area contributed by atoms with Gasteiger partial charge in [0.1, 0.15) is 5.54 Å². The van der Waals surface area contributed by atoms with E-state index in [-0.39, 0.29) is 5.97 Å². The summed E-state index contributed by atoms with van der Waals surface area (Å²) in [5.41, 5.74) is -0.559. The van der Waals surface area contributed by atoms with Gasteiger partial charge in [-0.05, 0) is 32.1 Å². The molecule has 4 heteroatoms. The number of rotatable bonds is 7. The summed E-state index contributed by atoms with van der Waals surface area (Å²) in [6.45, 7) is 6.29. The van der Waals surface area contributed by atoms with Gasteiger partial charge in [0, 0.05) is 5.75 Å². The van der Waals surface area contributed by atoms with Crippen LogP contribution in [-0.2, 0) is 9.53 Å². The molecule has 0 heterocycles. The first-order chi connectivity index (χ1) is 6.96. The third-order valence-corrected chi connectivity index (χ3v) is 3.72. The van der Waals surface area contributed by atoms with Gasteiger partial charge in [0.05, 0.1) is 7.11 Å². The van der Waals surface area contributed by atoms with Crippen LogP contribution in [0.1, 0.15) is 27.2 Å². The van der Waals surface area contributed by atoms with Gasteiger partial charge < -0.3 is 10.1 Å². The molecule has 0 aliphatic carbocycles. The molecule has 1 atom stereocenters. The SMILES string of the molecule is CNC(C)(CSCCC(C)C)C(=O)OC. The fraction of sp³-hybridized carbons (Fsp3) is 0.909. The summed E-state index contributed by atoms with van der Waals surface area (Å²) in [6, 6.07) is 0. The molecule has 0 radical (unpaired) electrons. The molecule has 0 saturated carbocycles. The van der Waals surface area contributed by atoms with Gasteiger partial charge in [-0.1, -0.05) is 13.8 Å².